The van der Waals surface area contributed by atoms with E-state index in [1.165, 1.54) is 0 Å². The number of fused-ring (bicyclic) bond motifs is 3. The van der Waals surface area contributed by atoms with Crippen LogP contribution in [0.25, 0.3) is 10.9 Å². The Balaban J connectivity index is 1.89. The summed E-state index contributed by atoms with van der Waals surface area (Å²) < 4.78 is 29.4. The van der Waals surface area contributed by atoms with Crippen LogP contribution in [-0.4, -0.2) is 19.2 Å². The summed E-state index contributed by atoms with van der Waals surface area (Å²) in [5.74, 6) is 0.136. The lowest BCUT2D eigenvalue weighted by molar-refractivity contribution is 0.564. The first-order valence-corrected chi connectivity index (χ1v) is 8.89. The molecule has 6 nitrogen and oxygen atoms in total. The van der Waals surface area contributed by atoms with Crippen molar-refractivity contribution in [2.45, 2.75) is 17.9 Å². The Kier molecular flexibility index (Phi) is 3.05. The van der Waals surface area contributed by atoms with Gasteiger partial charge in [-0.2, -0.15) is 0 Å². The molecule has 0 saturated heterocycles. The molecule has 1 aliphatic rings. The number of nitrogen functional groups attached to an aromatic ring is 1. The molecule has 1 aliphatic heterocycles. The number of furan rings is 1. The van der Waals surface area contributed by atoms with Gasteiger partial charge < -0.3 is 15.5 Å². The molecule has 0 amide bonds. The number of nitrogens with two attached hydrogens (primary N) is 1. The Morgan fingerprint density at radius 2 is 2.17 bits per heavy atom. The van der Waals surface area contributed by atoms with E-state index in [1.807, 2.05) is 6.07 Å². The number of aryl methyl sites for hydroxylation is 1. The number of nitrogens with one attached hydrogen (secondary N) is 1. The highest BCUT2D eigenvalue weighted by atomic mass is 32.2. The van der Waals surface area contributed by atoms with Gasteiger partial charge in [0.1, 0.15) is 0 Å². The highest BCUT2D eigenvalue weighted by Crippen LogP contribution is 2.38. The number of benzene rings is 1. The molecular formula is C16H15N3O3S. The van der Waals surface area contributed by atoms with Crippen molar-refractivity contribution in [2.75, 3.05) is 16.8 Å². The molecule has 7 heteroatoms. The van der Waals surface area contributed by atoms with Gasteiger partial charge in [0, 0.05) is 17.5 Å². The fraction of sp³-hybridized carbons (Fsp3) is 0.188. The number of anilines is 2. The molecular weight excluding hydrogens is 314 g/mol. The zero-order valence-electron chi connectivity index (χ0n) is 12.2. The molecule has 2 aromatic heterocycles. The van der Waals surface area contributed by atoms with Crippen molar-refractivity contribution in [3.8, 4) is 0 Å². The molecule has 3 heterocycles. The van der Waals surface area contributed by atoms with E-state index in [0.717, 1.165) is 27.7 Å². The van der Waals surface area contributed by atoms with Gasteiger partial charge in [0.15, 0.2) is 9.84 Å². The van der Waals surface area contributed by atoms with E-state index in [1.54, 1.807) is 30.9 Å². The minimum atomic E-state index is -3.20. The van der Waals surface area contributed by atoms with Gasteiger partial charge in [0.25, 0.3) is 0 Å². The van der Waals surface area contributed by atoms with Crippen LogP contribution in [0, 0.1) is 0 Å². The van der Waals surface area contributed by atoms with Crippen LogP contribution in [0.2, 0.25) is 0 Å². The third kappa shape index (κ3) is 2.24. The second-order valence-electron chi connectivity index (χ2n) is 5.58. The molecule has 0 unspecified atom stereocenters. The zero-order valence-corrected chi connectivity index (χ0v) is 13.1. The predicted molar refractivity (Wildman–Crippen MR) is 87.9 cm³/mol. The first kappa shape index (κ1) is 14.1. The lowest BCUT2D eigenvalue weighted by Gasteiger charge is -2.14. The number of aromatic nitrogens is 1. The Bertz CT molecular complexity index is 995. The summed E-state index contributed by atoms with van der Waals surface area (Å²) >= 11 is 0. The van der Waals surface area contributed by atoms with Crippen molar-refractivity contribution in [1.82, 2.24) is 4.98 Å². The second kappa shape index (κ2) is 4.99. The molecule has 3 aromatic rings. The van der Waals surface area contributed by atoms with Crippen LogP contribution in [0.1, 0.15) is 11.1 Å². The summed E-state index contributed by atoms with van der Waals surface area (Å²) in [5, 5.41) is 4.09. The van der Waals surface area contributed by atoms with Crippen LogP contribution < -0.4 is 11.1 Å². The monoisotopic (exact) mass is 329 g/mol. The molecule has 0 saturated carbocycles. The molecule has 118 valence electrons. The predicted octanol–water partition coefficient (Wildman–Crippen LogP) is 2.35. The van der Waals surface area contributed by atoms with Crippen molar-refractivity contribution in [2.24, 2.45) is 0 Å². The van der Waals surface area contributed by atoms with Gasteiger partial charge in [-0.25, -0.2) is 8.42 Å². The van der Waals surface area contributed by atoms with Crippen molar-refractivity contribution >= 4 is 32.1 Å². The Hall–Kier alpha value is -2.54. The Morgan fingerprint density at radius 1 is 1.30 bits per heavy atom. The zero-order chi connectivity index (χ0) is 16.0. The van der Waals surface area contributed by atoms with E-state index in [2.05, 4.69) is 10.3 Å². The second-order valence-corrected chi connectivity index (χ2v) is 7.66. The smallest absolute Gasteiger partial charge is 0.179 e. The van der Waals surface area contributed by atoms with Crippen molar-refractivity contribution < 1.29 is 12.8 Å². The summed E-state index contributed by atoms with van der Waals surface area (Å²) in [6, 6.07) is 5.24. The number of rotatable bonds is 3. The van der Waals surface area contributed by atoms with Crippen molar-refractivity contribution in [3.05, 3.63) is 48.0 Å². The maximum Gasteiger partial charge on any atom is 0.179 e. The third-order valence-corrected chi connectivity index (χ3v) is 5.93. The minimum Gasteiger partial charge on any atom is -0.472 e. The van der Waals surface area contributed by atoms with Gasteiger partial charge in [-0.15, -0.1) is 0 Å². The van der Waals surface area contributed by atoms with Crippen LogP contribution in [0.4, 0.5) is 11.4 Å². The summed E-state index contributed by atoms with van der Waals surface area (Å²) in [6.07, 6.45) is 5.34. The lowest BCUT2D eigenvalue weighted by atomic mass is 10.0. The fourth-order valence-electron chi connectivity index (χ4n) is 3.01. The summed E-state index contributed by atoms with van der Waals surface area (Å²) in [5.41, 5.74) is 9.84. The normalized spacial score (nSPS) is 15.7. The molecule has 0 spiro atoms. The quantitative estimate of drug-likeness (QED) is 0.765. The van der Waals surface area contributed by atoms with Gasteiger partial charge >= 0.3 is 0 Å². The summed E-state index contributed by atoms with van der Waals surface area (Å²) in [7, 11) is -3.20. The van der Waals surface area contributed by atoms with Crippen molar-refractivity contribution in [3.63, 3.8) is 0 Å². The minimum absolute atomic E-state index is 0.136. The molecule has 4 rings (SSSR count). The molecule has 0 atom stereocenters. The van der Waals surface area contributed by atoms with E-state index in [9.17, 15) is 8.42 Å². The Morgan fingerprint density at radius 3 is 2.96 bits per heavy atom. The molecule has 0 aliphatic carbocycles. The molecule has 0 fully saturated rings. The van der Waals surface area contributed by atoms with Gasteiger partial charge in [-0.05, 0) is 30.2 Å². The lowest BCUT2D eigenvalue weighted by Crippen LogP contribution is -2.05. The molecule has 0 radical (unpaired) electrons. The fourth-order valence-corrected chi connectivity index (χ4v) is 4.56. The largest absolute Gasteiger partial charge is 0.472 e. The van der Waals surface area contributed by atoms with Crippen molar-refractivity contribution in [1.29, 1.82) is 0 Å². The third-order valence-electron chi connectivity index (χ3n) is 4.13. The van der Waals surface area contributed by atoms with Gasteiger partial charge in [0.2, 0.25) is 0 Å². The van der Waals surface area contributed by atoms with Crippen LogP contribution in [-0.2, 0) is 22.8 Å². The van der Waals surface area contributed by atoms with Crippen LogP contribution in [0.3, 0.4) is 0 Å². The number of sulfone groups is 1. The molecule has 1 aromatic carbocycles. The van der Waals surface area contributed by atoms with Crippen LogP contribution in [0.15, 0.2) is 46.2 Å². The van der Waals surface area contributed by atoms with Crippen LogP contribution in [0.5, 0.6) is 0 Å². The first-order valence-electron chi connectivity index (χ1n) is 7.24. The number of hydrogen-bond donors (Lipinski definition) is 2. The van der Waals surface area contributed by atoms with E-state index in [0.29, 0.717) is 23.5 Å². The molecule has 23 heavy (non-hydrogen) atoms. The van der Waals surface area contributed by atoms with Gasteiger partial charge in [-0.1, -0.05) is 0 Å². The van der Waals surface area contributed by atoms with E-state index >= 15 is 0 Å². The molecule has 3 N–H and O–H groups in total. The molecule has 0 bridgehead atoms. The van der Waals surface area contributed by atoms with E-state index in [-0.39, 0.29) is 5.75 Å². The standard InChI is InChI=1S/C16H15N3O3S/c17-12-8-18-13-1-2-14-11(4-6-23(14,20)21)15(13)16(12)19-7-10-3-5-22-9-10/h1-3,5,8-9H,4,6-7,17H2,(H,18,19). The van der Waals surface area contributed by atoms with Gasteiger partial charge in [0.05, 0.1) is 46.3 Å². The maximum atomic E-state index is 12.2. The Labute approximate surface area is 133 Å². The van der Waals surface area contributed by atoms with Gasteiger partial charge in [-0.3, -0.25) is 4.98 Å². The van der Waals surface area contributed by atoms with E-state index in [4.69, 9.17) is 10.2 Å². The van der Waals surface area contributed by atoms with Crippen LogP contribution >= 0.6 is 0 Å². The number of nitrogens with zero attached hydrogens (tertiary/aromatic N) is 1. The highest BCUT2D eigenvalue weighted by Gasteiger charge is 2.29. The number of hydrogen-bond acceptors (Lipinski definition) is 6. The topological polar surface area (TPSA) is 98.2 Å². The maximum absolute atomic E-state index is 12.2. The SMILES string of the molecule is Nc1cnc2ccc3c(c2c1NCc1ccoc1)CCS3(=O)=O. The highest BCUT2D eigenvalue weighted by molar-refractivity contribution is 7.91. The number of pyridine rings is 1. The average molecular weight is 329 g/mol. The van der Waals surface area contributed by atoms with E-state index < -0.39 is 9.84 Å². The average Bonchev–Trinajstić information content (AvgIpc) is 3.14. The summed E-state index contributed by atoms with van der Waals surface area (Å²) in [4.78, 5) is 4.73. The first-order chi connectivity index (χ1) is 11.1. The summed E-state index contributed by atoms with van der Waals surface area (Å²) in [6.45, 7) is 0.538.